The van der Waals surface area contributed by atoms with Gasteiger partial charge in [-0.25, -0.2) is 9.97 Å². The normalized spacial score (nSPS) is 19.0. The summed E-state index contributed by atoms with van der Waals surface area (Å²) in [4.78, 5) is 29.6. The standard InChI is InChI=1S/C22H29N7O/c23-20(19-2-1-7-25-14-19)17-5-10-29(11-6-17)21(30)18-3-8-28(9-4-18)15-16-12-26-22(24)27-13-16/h1-2,7,12-14,17-18,23H,3-6,8-11,15H2,(H2,24,26,27). The maximum absolute atomic E-state index is 13.0. The lowest BCUT2D eigenvalue weighted by molar-refractivity contribution is -0.138. The number of amides is 1. The van der Waals surface area contributed by atoms with Crippen LogP contribution < -0.4 is 5.73 Å². The Bertz CT molecular complexity index is 855. The summed E-state index contributed by atoms with van der Waals surface area (Å²) in [5, 5.41) is 8.45. The van der Waals surface area contributed by atoms with Crippen LogP contribution in [0.25, 0.3) is 0 Å². The van der Waals surface area contributed by atoms with Crippen LogP contribution in [0.15, 0.2) is 36.9 Å². The molecule has 0 atom stereocenters. The third kappa shape index (κ3) is 4.81. The molecule has 2 aliphatic rings. The van der Waals surface area contributed by atoms with Gasteiger partial charge >= 0.3 is 0 Å². The molecule has 2 fully saturated rings. The van der Waals surface area contributed by atoms with Gasteiger partial charge in [-0.1, -0.05) is 6.07 Å². The fourth-order valence-electron chi connectivity index (χ4n) is 4.45. The van der Waals surface area contributed by atoms with Crippen molar-refractivity contribution in [1.29, 1.82) is 5.41 Å². The number of hydrogen-bond donors (Lipinski definition) is 2. The van der Waals surface area contributed by atoms with Crippen LogP contribution in [0.2, 0.25) is 0 Å². The van der Waals surface area contributed by atoms with E-state index in [1.807, 2.05) is 17.0 Å². The first-order chi connectivity index (χ1) is 14.6. The molecule has 2 aromatic heterocycles. The Morgan fingerprint density at radius 2 is 1.70 bits per heavy atom. The molecule has 2 saturated heterocycles. The molecule has 30 heavy (non-hydrogen) atoms. The second-order valence-electron chi connectivity index (χ2n) is 8.25. The number of carbonyl (C=O) groups excluding carboxylic acids is 1. The van der Waals surface area contributed by atoms with E-state index in [9.17, 15) is 4.79 Å². The van der Waals surface area contributed by atoms with Gasteiger partial charge < -0.3 is 16.0 Å². The number of hydrogen-bond acceptors (Lipinski definition) is 7. The Morgan fingerprint density at radius 3 is 2.33 bits per heavy atom. The highest BCUT2D eigenvalue weighted by molar-refractivity contribution is 5.99. The lowest BCUT2D eigenvalue weighted by Gasteiger charge is -2.37. The van der Waals surface area contributed by atoms with Gasteiger partial charge in [0.1, 0.15) is 0 Å². The molecule has 2 aromatic rings. The highest BCUT2D eigenvalue weighted by Crippen LogP contribution is 2.26. The van der Waals surface area contributed by atoms with E-state index < -0.39 is 0 Å². The number of aromatic nitrogens is 3. The first kappa shape index (κ1) is 20.4. The number of piperidine rings is 2. The van der Waals surface area contributed by atoms with Crippen molar-refractivity contribution in [2.24, 2.45) is 11.8 Å². The van der Waals surface area contributed by atoms with Crippen LogP contribution in [-0.2, 0) is 11.3 Å². The Hall–Kier alpha value is -2.87. The molecule has 3 N–H and O–H groups in total. The predicted octanol–water partition coefficient (Wildman–Crippen LogP) is 1.97. The van der Waals surface area contributed by atoms with E-state index in [-0.39, 0.29) is 17.7 Å². The van der Waals surface area contributed by atoms with Gasteiger partial charge in [0.15, 0.2) is 0 Å². The topological polar surface area (TPSA) is 112 Å². The molecule has 4 rings (SSSR count). The maximum atomic E-state index is 13.0. The molecular formula is C22H29N7O. The number of nitrogens with zero attached hydrogens (tertiary/aromatic N) is 5. The van der Waals surface area contributed by atoms with Crippen molar-refractivity contribution in [2.45, 2.75) is 32.2 Å². The molecule has 8 nitrogen and oxygen atoms in total. The molecule has 0 unspecified atom stereocenters. The number of likely N-dealkylation sites (tertiary alicyclic amines) is 2. The van der Waals surface area contributed by atoms with Crippen molar-refractivity contribution in [3.05, 3.63) is 48.0 Å². The van der Waals surface area contributed by atoms with Crippen LogP contribution in [0, 0.1) is 17.2 Å². The minimum absolute atomic E-state index is 0.109. The van der Waals surface area contributed by atoms with Gasteiger partial charge in [0.25, 0.3) is 0 Å². The lowest BCUT2D eigenvalue weighted by Crippen LogP contribution is -2.46. The Morgan fingerprint density at radius 1 is 1.03 bits per heavy atom. The summed E-state index contributed by atoms with van der Waals surface area (Å²) < 4.78 is 0. The Balaban J connectivity index is 1.23. The van der Waals surface area contributed by atoms with Crippen LogP contribution in [0.4, 0.5) is 5.95 Å². The van der Waals surface area contributed by atoms with E-state index >= 15 is 0 Å². The molecule has 0 radical (unpaired) electrons. The first-order valence-corrected chi connectivity index (χ1v) is 10.7. The maximum Gasteiger partial charge on any atom is 0.225 e. The minimum atomic E-state index is 0.109. The van der Waals surface area contributed by atoms with Crippen molar-refractivity contribution in [1.82, 2.24) is 24.8 Å². The SMILES string of the molecule is N=C(c1cccnc1)C1CCN(C(=O)C2CCN(Cc3cnc(N)nc3)CC2)CC1. The van der Waals surface area contributed by atoms with Gasteiger partial charge in [0.05, 0.1) is 0 Å². The van der Waals surface area contributed by atoms with Crippen molar-refractivity contribution >= 4 is 17.6 Å². The number of anilines is 1. The molecule has 8 heteroatoms. The zero-order valence-electron chi connectivity index (χ0n) is 17.2. The average molecular weight is 408 g/mol. The molecule has 4 heterocycles. The van der Waals surface area contributed by atoms with Crippen molar-refractivity contribution < 1.29 is 4.79 Å². The Kier molecular flexibility index (Phi) is 6.32. The molecule has 158 valence electrons. The summed E-state index contributed by atoms with van der Waals surface area (Å²) in [5.41, 5.74) is 8.13. The summed E-state index contributed by atoms with van der Waals surface area (Å²) in [7, 11) is 0. The highest BCUT2D eigenvalue weighted by Gasteiger charge is 2.32. The number of pyridine rings is 1. The van der Waals surface area contributed by atoms with Crippen LogP contribution in [0.1, 0.15) is 36.8 Å². The zero-order chi connectivity index (χ0) is 20.9. The molecule has 2 aliphatic heterocycles. The molecule has 0 bridgehead atoms. The number of carbonyl (C=O) groups is 1. The second kappa shape index (κ2) is 9.30. The van der Waals surface area contributed by atoms with E-state index in [1.165, 1.54) is 0 Å². The molecule has 0 saturated carbocycles. The average Bonchev–Trinajstić information content (AvgIpc) is 2.81. The smallest absolute Gasteiger partial charge is 0.225 e. The first-order valence-electron chi connectivity index (χ1n) is 10.7. The van der Waals surface area contributed by atoms with E-state index in [0.29, 0.717) is 11.7 Å². The fourth-order valence-corrected chi connectivity index (χ4v) is 4.45. The Labute approximate surface area is 177 Å². The predicted molar refractivity (Wildman–Crippen MR) is 115 cm³/mol. The third-order valence-corrected chi connectivity index (χ3v) is 6.26. The monoisotopic (exact) mass is 407 g/mol. The third-order valence-electron chi connectivity index (χ3n) is 6.26. The summed E-state index contributed by atoms with van der Waals surface area (Å²) in [6, 6.07) is 3.81. The van der Waals surface area contributed by atoms with Crippen LogP contribution in [0.5, 0.6) is 0 Å². The van der Waals surface area contributed by atoms with E-state index in [1.54, 1.807) is 24.8 Å². The fraction of sp³-hybridized carbons (Fsp3) is 0.500. The molecule has 1 amide bonds. The van der Waals surface area contributed by atoms with Gasteiger partial charge in [-0.3, -0.25) is 14.7 Å². The van der Waals surface area contributed by atoms with Crippen molar-refractivity contribution in [2.75, 3.05) is 31.9 Å². The summed E-state index contributed by atoms with van der Waals surface area (Å²) in [6.07, 6.45) is 10.5. The van der Waals surface area contributed by atoms with Crippen molar-refractivity contribution in [3.63, 3.8) is 0 Å². The van der Waals surface area contributed by atoms with Gasteiger partial charge in [0, 0.05) is 73.1 Å². The quantitative estimate of drug-likeness (QED) is 0.733. The van der Waals surface area contributed by atoms with Crippen LogP contribution in [0.3, 0.4) is 0 Å². The lowest BCUT2D eigenvalue weighted by atomic mass is 9.87. The largest absolute Gasteiger partial charge is 0.368 e. The van der Waals surface area contributed by atoms with Gasteiger partial charge in [-0.15, -0.1) is 0 Å². The molecule has 0 aliphatic carbocycles. The van der Waals surface area contributed by atoms with E-state index in [4.69, 9.17) is 11.1 Å². The molecule has 0 spiro atoms. The summed E-state index contributed by atoms with van der Waals surface area (Å²) >= 11 is 0. The number of nitrogens with one attached hydrogen (secondary N) is 1. The number of nitrogens with two attached hydrogens (primary N) is 1. The minimum Gasteiger partial charge on any atom is -0.368 e. The number of rotatable bonds is 5. The number of nitrogen functional groups attached to an aromatic ring is 1. The summed E-state index contributed by atoms with van der Waals surface area (Å²) in [6.45, 7) is 4.10. The van der Waals surface area contributed by atoms with Gasteiger partial charge in [0.2, 0.25) is 11.9 Å². The van der Waals surface area contributed by atoms with Crippen LogP contribution in [-0.4, -0.2) is 62.5 Å². The summed E-state index contributed by atoms with van der Waals surface area (Å²) in [5.74, 6) is 0.902. The van der Waals surface area contributed by atoms with Crippen molar-refractivity contribution in [3.8, 4) is 0 Å². The van der Waals surface area contributed by atoms with Gasteiger partial charge in [-0.05, 0) is 44.8 Å². The molecular weight excluding hydrogens is 378 g/mol. The molecule has 0 aromatic carbocycles. The second-order valence-corrected chi connectivity index (χ2v) is 8.25. The van der Waals surface area contributed by atoms with E-state index in [2.05, 4.69) is 19.9 Å². The zero-order valence-corrected chi connectivity index (χ0v) is 17.2. The van der Waals surface area contributed by atoms with Gasteiger partial charge in [-0.2, -0.15) is 0 Å². The highest BCUT2D eigenvalue weighted by atomic mass is 16.2. The van der Waals surface area contributed by atoms with E-state index in [0.717, 1.165) is 69.5 Å². The van der Waals surface area contributed by atoms with Crippen LogP contribution >= 0.6 is 0 Å².